The highest BCUT2D eigenvalue weighted by Crippen LogP contribution is 2.62. The Morgan fingerprint density at radius 1 is 0.625 bits per heavy atom. The van der Waals surface area contributed by atoms with E-state index in [1.165, 1.54) is 92.8 Å². The monoisotopic (exact) mass is 634 g/mol. The van der Waals surface area contributed by atoms with E-state index >= 15 is 0 Å². The van der Waals surface area contributed by atoms with Gasteiger partial charge in [-0.3, -0.25) is 0 Å². The van der Waals surface area contributed by atoms with E-state index in [-0.39, 0.29) is 33.9 Å². The van der Waals surface area contributed by atoms with Crippen molar-refractivity contribution < 1.29 is 0 Å². The SMILES string of the molecule is Cc1cc2c3c(c1)N1c4c(cc(C(C)(C)C)cc4C4(C)CCCCC14C)B3c1ccc(C(C)(C)C)cc1N2c1cccc(C(C)(C)C)c1. The number of anilines is 5. The van der Waals surface area contributed by atoms with Crippen LogP contribution < -0.4 is 26.2 Å². The van der Waals surface area contributed by atoms with Gasteiger partial charge in [0.05, 0.1) is 5.54 Å². The second kappa shape index (κ2) is 9.83. The van der Waals surface area contributed by atoms with E-state index in [9.17, 15) is 0 Å². The lowest BCUT2D eigenvalue weighted by atomic mass is 9.33. The van der Waals surface area contributed by atoms with E-state index in [4.69, 9.17) is 0 Å². The molecule has 0 aromatic heterocycles. The predicted molar refractivity (Wildman–Crippen MR) is 209 cm³/mol. The zero-order valence-electron chi connectivity index (χ0n) is 31.7. The first-order valence-electron chi connectivity index (χ1n) is 18.5. The Morgan fingerprint density at radius 3 is 1.96 bits per heavy atom. The second-order valence-electron chi connectivity index (χ2n) is 19.2. The number of nitrogens with zero attached hydrogens (tertiary/aromatic N) is 2. The molecule has 8 rings (SSSR count). The van der Waals surface area contributed by atoms with E-state index in [0.717, 1.165) is 0 Å². The Morgan fingerprint density at radius 2 is 1.27 bits per heavy atom. The first kappa shape index (κ1) is 31.8. The molecule has 1 fully saturated rings. The molecule has 2 nitrogen and oxygen atoms in total. The summed E-state index contributed by atoms with van der Waals surface area (Å²) < 4.78 is 0. The molecule has 3 aliphatic heterocycles. The van der Waals surface area contributed by atoms with Crippen molar-refractivity contribution in [2.45, 2.75) is 136 Å². The topological polar surface area (TPSA) is 6.48 Å². The first-order valence-corrected chi connectivity index (χ1v) is 18.5. The van der Waals surface area contributed by atoms with Crippen molar-refractivity contribution >= 4 is 51.5 Å². The first-order chi connectivity index (χ1) is 22.3. The second-order valence-corrected chi connectivity index (χ2v) is 19.2. The van der Waals surface area contributed by atoms with Gasteiger partial charge < -0.3 is 9.80 Å². The van der Waals surface area contributed by atoms with Gasteiger partial charge in [0.15, 0.2) is 0 Å². The van der Waals surface area contributed by atoms with Crippen LogP contribution in [-0.2, 0) is 21.7 Å². The lowest BCUT2D eigenvalue weighted by molar-refractivity contribution is 0.195. The van der Waals surface area contributed by atoms with Gasteiger partial charge in [0, 0.05) is 33.9 Å². The standard InChI is InChI=1S/C45H55BN2/c1-28-22-37-39-38(23-28)48-40-33(44(11)20-13-14-21-45(44,48)12)25-31(43(8,9)10)26-35(40)46(39)34-19-18-30(42(5,6)7)27-36(34)47(37)32-17-15-16-29(24-32)41(2,3)4/h15-19,22-27H,13-14,20-21H2,1-12H3. The molecular weight excluding hydrogens is 579 g/mol. The third kappa shape index (κ3) is 4.24. The van der Waals surface area contributed by atoms with Gasteiger partial charge in [-0.1, -0.05) is 118 Å². The molecule has 0 spiro atoms. The molecular formula is C45H55BN2. The Labute approximate surface area is 291 Å². The normalized spacial score (nSPS) is 22.7. The van der Waals surface area contributed by atoms with E-state index in [2.05, 4.69) is 160 Å². The van der Waals surface area contributed by atoms with Crippen LogP contribution in [-0.4, -0.2) is 12.3 Å². The van der Waals surface area contributed by atoms with Gasteiger partial charge in [-0.05, 0) is 117 Å². The fourth-order valence-corrected chi connectivity index (χ4v) is 9.76. The quantitative estimate of drug-likeness (QED) is 0.169. The summed E-state index contributed by atoms with van der Waals surface area (Å²) in [5.74, 6) is 0. The number of aryl methyl sites for hydroxylation is 1. The summed E-state index contributed by atoms with van der Waals surface area (Å²) in [7, 11) is 0. The van der Waals surface area contributed by atoms with Crippen LogP contribution in [0.25, 0.3) is 0 Å². The Balaban J connectivity index is 1.51. The predicted octanol–water partition coefficient (Wildman–Crippen LogP) is 10.2. The zero-order chi connectivity index (χ0) is 34.3. The van der Waals surface area contributed by atoms with Crippen molar-refractivity contribution in [1.29, 1.82) is 0 Å². The summed E-state index contributed by atoms with van der Waals surface area (Å²) in [6.07, 6.45) is 5.06. The van der Waals surface area contributed by atoms with E-state index < -0.39 is 0 Å². The van der Waals surface area contributed by atoms with E-state index in [1.807, 2.05) is 0 Å². The van der Waals surface area contributed by atoms with Crippen LogP contribution in [0.15, 0.2) is 66.7 Å². The minimum atomic E-state index is 0.0265. The minimum Gasteiger partial charge on any atom is -0.335 e. The van der Waals surface area contributed by atoms with Crippen molar-refractivity contribution in [3.63, 3.8) is 0 Å². The zero-order valence-corrected chi connectivity index (χ0v) is 31.7. The largest absolute Gasteiger partial charge is 0.335 e. The number of rotatable bonds is 1. The van der Waals surface area contributed by atoms with Gasteiger partial charge in [0.25, 0.3) is 6.71 Å². The highest BCUT2D eigenvalue weighted by molar-refractivity contribution is 7.00. The van der Waals surface area contributed by atoms with Crippen molar-refractivity contribution in [2.75, 3.05) is 9.80 Å². The number of hydrogen-bond donors (Lipinski definition) is 0. The van der Waals surface area contributed by atoms with Gasteiger partial charge in [-0.2, -0.15) is 0 Å². The lowest BCUT2D eigenvalue weighted by Crippen LogP contribution is -2.64. The Kier molecular flexibility index (Phi) is 6.51. The molecule has 4 aliphatic rings. The smallest absolute Gasteiger partial charge is 0.252 e. The van der Waals surface area contributed by atoms with Gasteiger partial charge in [-0.25, -0.2) is 0 Å². The van der Waals surface area contributed by atoms with Gasteiger partial charge >= 0.3 is 0 Å². The molecule has 1 saturated carbocycles. The van der Waals surface area contributed by atoms with Crippen LogP contribution in [0, 0.1) is 6.92 Å². The van der Waals surface area contributed by atoms with Crippen LogP contribution >= 0.6 is 0 Å². The number of benzene rings is 4. The minimum absolute atomic E-state index is 0.0265. The summed E-state index contributed by atoms with van der Waals surface area (Å²) in [6, 6.07) is 27.0. The molecule has 4 aromatic carbocycles. The average Bonchev–Trinajstić information content (AvgIpc) is 3.21. The van der Waals surface area contributed by atoms with Crippen LogP contribution in [0.4, 0.5) is 28.4 Å². The molecule has 4 aromatic rings. The summed E-state index contributed by atoms with van der Waals surface area (Å²) in [5, 5.41) is 0. The Hall–Kier alpha value is -3.46. The number of hydrogen-bond acceptors (Lipinski definition) is 2. The lowest BCUT2D eigenvalue weighted by Gasteiger charge is -2.53. The molecule has 1 aliphatic carbocycles. The molecule has 3 heteroatoms. The highest BCUT2D eigenvalue weighted by atomic mass is 15.3. The fraction of sp³-hybridized carbons (Fsp3) is 0.467. The fourth-order valence-electron chi connectivity index (χ4n) is 9.76. The maximum Gasteiger partial charge on any atom is 0.252 e. The third-order valence-electron chi connectivity index (χ3n) is 12.9. The summed E-state index contributed by atoms with van der Waals surface area (Å²) >= 11 is 0. The van der Waals surface area contributed by atoms with Gasteiger partial charge in [0.2, 0.25) is 0 Å². The van der Waals surface area contributed by atoms with Crippen LogP contribution in [0.5, 0.6) is 0 Å². The molecule has 0 amide bonds. The van der Waals surface area contributed by atoms with Crippen molar-refractivity contribution in [1.82, 2.24) is 0 Å². The molecule has 0 N–H and O–H groups in total. The maximum atomic E-state index is 2.86. The van der Waals surface area contributed by atoms with Crippen LogP contribution in [0.3, 0.4) is 0 Å². The van der Waals surface area contributed by atoms with E-state index in [0.29, 0.717) is 0 Å². The van der Waals surface area contributed by atoms with Gasteiger partial charge in [-0.15, -0.1) is 0 Å². The molecule has 2 unspecified atom stereocenters. The summed E-state index contributed by atoms with van der Waals surface area (Å²) in [6.45, 7) is 28.9. The highest BCUT2D eigenvalue weighted by Gasteiger charge is 2.61. The van der Waals surface area contributed by atoms with Gasteiger partial charge in [0.1, 0.15) is 0 Å². The molecule has 48 heavy (non-hydrogen) atoms. The molecule has 0 bridgehead atoms. The molecule has 248 valence electrons. The van der Waals surface area contributed by atoms with Crippen molar-refractivity contribution in [3.8, 4) is 0 Å². The van der Waals surface area contributed by atoms with Crippen LogP contribution in [0.2, 0.25) is 0 Å². The molecule has 3 heterocycles. The third-order valence-corrected chi connectivity index (χ3v) is 12.9. The van der Waals surface area contributed by atoms with Crippen molar-refractivity contribution in [3.05, 3.63) is 94.5 Å². The average molecular weight is 635 g/mol. The number of fused-ring (bicyclic) bond motifs is 7. The molecule has 0 radical (unpaired) electrons. The Bertz CT molecular complexity index is 2000. The van der Waals surface area contributed by atoms with Crippen molar-refractivity contribution in [2.24, 2.45) is 0 Å². The summed E-state index contributed by atoms with van der Waals surface area (Å²) in [5.41, 5.74) is 18.7. The molecule has 2 atom stereocenters. The summed E-state index contributed by atoms with van der Waals surface area (Å²) in [4.78, 5) is 5.49. The maximum absolute atomic E-state index is 2.86. The van der Waals surface area contributed by atoms with E-state index in [1.54, 1.807) is 5.56 Å². The van der Waals surface area contributed by atoms with Crippen LogP contribution in [0.1, 0.15) is 130 Å². The molecule has 0 saturated heterocycles.